The first-order valence-corrected chi connectivity index (χ1v) is 5.81. The maximum Gasteiger partial charge on any atom is 0.258 e. The summed E-state index contributed by atoms with van der Waals surface area (Å²) < 4.78 is 0.902. The van der Waals surface area contributed by atoms with Crippen molar-refractivity contribution >= 4 is 27.8 Å². The van der Waals surface area contributed by atoms with Gasteiger partial charge in [0, 0.05) is 22.4 Å². The van der Waals surface area contributed by atoms with E-state index in [0.717, 1.165) is 10.0 Å². The summed E-state index contributed by atoms with van der Waals surface area (Å²) in [7, 11) is 0. The molecule has 0 aliphatic carbocycles. The second-order valence-electron chi connectivity index (χ2n) is 3.44. The van der Waals surface area contributed by atoms with Gasteiger partial charge in [-0.1, -0.05) is 22.0 Å². The zero-order valence-corrected chi connectivity index (χ0v) is 10.7. The van der Waals surface area contributed by atoms with Gasteiger partial charge < -0.3 is 0 Å². The molecule has 0 saturated heterocycles. The summed E-state index contributed by atoms with van der Waals surface area (Å²) in [5, 5.41) is 2.64. The van der Waals surface area contributed by atoms with Crippen LogP contribution in [0.5, 0.6) is 0 Å². The van der Waals surface area contributed by atoms with Crippen LogP contribution in [0.4, 0.5) is 5.95 Å². The zero-order valence-electron chi connectivity index (χ0n) is 9.14. The average molecular weight is 292 g/mol. The second-order valence-corrected chi connectivity index (χ2v) is 4.29. The Labute approximate surface area is 107 Å². The minimum absolute atomic E-state index is 0.213. The molecule has 86 valence electrons. The van der Waals surface area contributed by atoms with Crippen LogP contribution in [0.1, 0.15) is 15.9 Å². The van der Waals surface area contributed by atoms with Crippen molar-refractivity contribution in [2.24, 2.45) is 0 Å². The zero-order chi connectivity index (χ0) is 12.3. The van der Waals surface area contributed by atoms with Crippen molar-refractivity contribution in [1.29, 1.82) is 0 Å². The number of halogens is 1. The first-order chi connectivity index (χ1) is 8.18. The lowest BCUT2D eigenvalue weighted by Gasteiger charge is -2.07. The normalized spacial score (nSPS) is 10.0. The molecular weight excluding hydrogens is 282 g/mol. The smallest absolute Gasteiger partial charge is 0.258 e. The van der Waals surface area contributed by atoms with Crippen LogP contribution in [0.2, 0.25) is 0 Å². The third-order valence-corrected chi connectivity index (χ3v) is 3.16. The van der Waals surface area contributed by atoms with E-state index in [1.807, 2.05) is 19.1 Å². The number of carbonyl (C=O) groups excluding carboxylic acids is 1. The van der Waals surface area contributed by atoms with E-state index in [0.29, 0.717) is 11.5 Å². The number of amides is 1. The van der Waals surface area contributed by atoms with Crippen LogP contribution in [0, 0.1) is 6.92 Å². The lowest BCUT2D eigenvalue weighted by molar-refractivity contribution is 0.102. The number of hydrogen-bond donors (Lipinski definition) is 1. The lowest BCUT2D eigenvalue weighted by Crippen LogP contribution is -2.15. The fraction of sp³-hybridized carbons (Fsp3) is 0.0833. The fourth-order valence-corrected chi connectivity index (χ4v) is 1.75. The monoisotopic (exact) mass is 291 g/mol. The van der Waals surface area contributed by atoms with Crippen LogP contribution < -0.4 is 5.32 Å². The van der Waals surface area contributed by atoms with Crippen molar-refractivity contribution in [3.63, 3.8) is 0 Å². The summed E-state index contributed by atoms with van der Waals surface area (Å²) in [4.78, 5) is 19.9. The summed E-state index contributed by atoms with van der Waals surface area (Å²) in [6.07, 6.45) is 3.16. The fourth-order valence-electron chi connectivity index (χ4n) is 1.39. The molecule has 0 aliphatic heterocycles. The van der Waals surface area contributed by atoms with Crippen LogP contribution in [-0.2, 0) is 0 Å². The molecule has 0 saturated carbocycles. The summed E-state index contributed by atoms with van der Waals surface area (Å²) in [5.41, 5.74) is 1.49. The Morgan fingerprint density at radius 1 is 1.24 bits per heavy atom. The molecule has 0 aliphatic rings. The van der Waals surface area contributed by atoms with Crippen LogP contribution in [0.15, 0.2) is 41.1 Å². The van der Waals surface area contributed by atoms with Gasteiger partial charge in [-0.25, -0.2) is 9.97 Å². The van der Waals surface area contributed by atoms with Crippen molar-refractivity contribution in [1.82, 2.24) is 9.97 Å². The molecule has 4 nitrogen and oxygen atoms in total. The van der Waals surface area contributed by atoms with Gasteiger partial charge in [0.25, 0.3) is 5.91 Å². The second kappa shape index (κ2) is 5.05. The molecule has 5 heteroatoms. The largest absolute Gasteiger partial charge is 0.290 e. The number of carbonyl (C=O) groups is 1. The van der Waals surface area contributed by atoms with Gasteiger partial charge in [0.2, 0.25) is 5.95 Å². The highest BCUT2D eigenvalue weighted by atomic mass is 79.9. The number of hydrogen-bond acceptors (Lipinski definition) is 3. The van der Waals surface area contributed by atoms with E-state index in [-0.39, 0.29) is 5.91 Å². The SMILES string of the molecule is Cc1c(Br)cccc1C(=O)Nc1ncccn1. The van der Waals surface area contributed by atoms with Gasteiger partial charge >= 0.3 is 0 Å². The molecule has 0 spiro atoms. The Kier molecular flexibility index (Phi) is 3.49. The first kappa shape index (κ1) is 11.7. The number of nitrogens with zero attached hydrogens (tertiary/aromatic N) is 2. The Morgan fingerprint density at radius 3 is 2.65 bits per heavy atom. The molecule has 0 radical (unpaired) electrons. The van der Waals surface area contributed by atoms with Crippen LogP contribution in [0.25, 0.3) is 0 Å². The van der Waals surface area contributed by atoms with E-state index >= 15 is 0 Å². The molecule has 0 unspecified atom stereocenters. The van der Waals surface area contributed by atoms with Crippen molar-refractivity contribution in [3.8, 4) is 0 Å². The molecule has 0 bridgehead atoms. The minimum Gasteiger partial charge on any atom is -0.290 e. The van der Waals surface area contributed by atoms with Gasteiger partial charge in [-0.05, 0) is 30.7 Å². The Balaban J connectivity index is 2.24. The molecule has 1 N–H and O–H groups in total. The Hall–Kier alpha value is -1.75. The van der Waals surface area contributed by atoms with Crippen LogP contribution >= 0.6 is 15.9 Å². The summed E-state index contributed by atoms with van der Waals surface area (Å²) in [6.45, 7) is 1.88. The van der Waals surface area contributed by atoms with E-state index < -0.39 is 0 Å². The van der Waals surface area contributed by atoms with E-state index in [2.05, 4.69) is 31.2 Å². The van der Waals surface area contributed by atoms with Crippen molar-refractivity contribution in [3.05, 3.63) is 52.3 Å². The number of anilines is 1. The van der Waals surface area contributed by atoms with E-state index in [4.69, 9.17) is 0 Å². The molecule has 1 heterocycles. The highest BCUT2D eigenvalue weighted by Crippen LogP contribution is 2.19. The predicted octanol–water partition coefficient (Wildman–Crippen LogP) is 2.80. The molecule has 1 aromatic carbocycles. The molecule has 0 atom stereocenters. The average Bonchev–Trinajstić information content (AvgIpc) is 2.34. The van der Waals surface area contributed by atoms with Crippen LogP contribution in [-0.4, -0.2) is 15.9 Å². The summed E-state index contributed by atoms with van der Waals surface area (Å²) in [6, 6.07) is 7.17. The third-order valence-electron chi connectivity index (χ3n) is 2.30. The summed E-state index contributed by atoms with van der Waals surface area (Å²) >= 11 is 3.39. The van der Waals surface area contributed by atoms with E-state index in [1.54, 1.807) is 24.5 Å². The van der Waals surface area contributed by atoms with Gasteiger partial charge in [0.15, 0.2) is 0 Å². The third kappa shape index (κ3) is 2.68. The van der Waals surface area contributed by atoms with Crippen molar-refractivity contribution in [2.45, 2.75) is 6.92 Å². The highest BCUT2D eigenvalue weighted by molar-refractivity contribution is 9.10. The quantitative estimate of drug-likeness (QED) is 0.926. The standard InChI is InChI=1S/C12H10BrN3O/c1-8-9(4-2-5-10(8)13)11(17)16-12-14-6-3-7-15-12/h2-7H,1H3,(H,14,15,16,17). The Bertz CT molecular complexity index is 543. The van der Waals surface area contributed by atoms with Gasteiger partial charge in [0.05, 0.1) is 0 Å². The van der Waals surface area contributed by atoms with Gasteiger partial charge in [-0.3, -0.25) is 10.1 Å². The van der Waals surface area contributed by atoms with Gasteiger partial charge in [-0.15, -0.1) is 0 Å². The molecule has 17 heavy (non-hydrogen) atoms. The van der Waals surface area contributed by atoms with Crippen LogP contribution in [0.3, 0.4) is 0 Å². The van der Waals surface area contributed by atoms with Gasteiger partial charge in [-0.2, -0.15) is 0 Å². The number of aromatic nitrogens is 2. The molecule has 2 aromatic rings. The van der Waals surface area contributed by atoms with Crippen molar-refractivity contribution in [2.75, 3.05) is 5.32 Å². The number of rotatable bonds is 2. The van der Waals surface area contributed by atoms with Gasteiger partial charge in [0.1, 0.15) is 0 Å². The lowest BCUT2D eigenvalue weighted by atomic mass is 10.1. The molecule has 2 rings (SSSR count). The van der Waals surface area contributed by atoms with E-state index in [9.17, 15) is 4.79 Å². The maximum atomic E-state index is 12.0. The topological polar surface area (TPSA) is 54.9 Å². The summed E-state index contributed by atoms with van der Waals surface area (Å²) in [5.74, 6) is 0.0897. The molecule has 1 amide bonds. The minimum atomic E-state index is -0.213. The number of nitrogens with one attached hydrogen (secondary N) is 1. The first-order valence-electron chi connectivity index (χ1n) is 5.02. The molecule has 1 aromatic heterocycles. The van der Waals surface area contributed by atoms with E-state index in [1.165, 1.54) is 0 Å². The Morgan fingerprint density at radius 2 is 1.94 bits per heavy atom. The van der Waals surface area contributed by atoms with Crippen molar-refractivity contribution < 1.29 is 4.79 Å². The molecular formula is C12H10BrN3O. The highest BCUT2D eigenvalue weighted by Gasteiger charge is 2.11. The predicted molar refractivity (Wildman–Crippen MR) is 68.9 cm³/mol. The maximum absolute atomic E-state index is 12.0. The number of benzene rings is 1. The molecule has 0 fully saturated rings.